The Morgan fingerprint density at radius 1 is 1.19 bits per heavy atom. The Labute approximate surface area is 125 Å². The lowest BCUT2D eigenvalue weighted by molar-refractivity contribution is -0.131. The van der Waals surface area contributed by atoms with Crippen molar-refractivity contribution in [3.8, 4) is 0 Å². The molecule has 112 valence electrons. The summed E-state index contributed by atoms with van der Waals surface area (Å²) in [4.78, 5) is 15.8. The second kappa shape index (κ2) is 7.04. The van der Waals surface area contributed by atoms with Crippen molar-refractivity contribution in [2.45, 2.75) is 20.0 Å². The maximum atomic E-state index is 12.2. The summed E-state index contributed by atoms with van der Waals surface area (Å²) < 4.78 is 5.01. The molecule has 0 spiro atoms. The van der Waals surface area contributed by atoms with E-state index in [0.29, 0.717) is 13.1 Å². The number of hydrogen-bond acceptors (Lipinski definition) is 4. The summed E-state index contributed by atoms with van der Waals surface area (Å²) in [6.45, 7) is 3.44. The van der Waals surface area contributed by atoms with Crippen molar-refractivity contribution in [1.82, 2.24) is 15.0 Å². The molecule has 0 bridgehead atoms. The molecular weight excluding hydrogens is 266 g/mol. The SMILES string of the molecule is Cc1cc(CN(C)C(=O)CN(C)Cc2ccccc2)no1. The minimum Gasteiger partial charge on any atom is -0.361 e. The highest BCUT2D eigenvalue weighted by Crippen LogP contribution is 2.06. The quantitative estimate of drug-likeness (QED) is 0.816. The predicted molar refractivity (Wildman–Crippen MR) is 80.5 cm³/mol. The summed E-state index contributed by atoms with van der Waals surface area (Å²) >= 11 is 0. The van der Waals surface area contributed by atoms with Gasteiger partial charge in [-0.15, -0.1) is 0 Å². The summed E-state index contributed by atoms with van der Waals surface area (Å²) in [5.74, 6) is 0.820. The third-order valence-corrected chi connectivity index (χ3v) is 3.20. The first kappa shape index (κ1) is 15.3. The second-order valence-corrected chi connectivity index (χ2v) is 5.34. The molecule has 0 atom stereocenters. The van der Waals surface area contributed by atoms with Crippen LogP contribution in [0.25, 0.3) is 0 Å². The van der Waals surface area contributed by atoms with Crippen molar-refractivity contribution >= 4 is 5.91 Å². The van der Waals surface area contributed by atoms with Gasteiger partial charge in [0, 0.05) is 19.7 Å². The van der Waals surface area contributed by atoms with Gasteiger partial charge in [-0.3, -0.25) is 9.69 Å². The monoisotopic (exact) mass is 287 g/mol. The van der Waals surface area contributed by atoms with E-state index < -0.39 is 0 Å². The van der Waals surface area contributed by atoms with Gasteiger partial charge in [0.2, 0.25) is 5.91 Å². The molecular formula is C16H21N3O2. The van der Waals surface area contributed by atoms with E-state index in [4.69, 9.17) is 4.52 Å². The minimum atomic E-state index is 0.0640. The van der Waals surface area contributed by atoms with Crippen LogP contribution >= 0.6 is 0 Å². The third-order valence-electron chi connectivity index (χ3n) is 3.20. The number of amides is 1. The molecule has 5 nitrogen and oxygen atoms in total. The van der Waals surface area contributed by atoms with Crippen molar-refractivity contribution in [2.75, 3.05) is 20.6 Å². The zero-order valence-corrected chi connectivity index (χ0v) is 12.7. The number of carbonyl (C=O) groups is 1. The topological polar surface area (TPSA) is 49.6 Å². The summed E-state index contributed by atoms with van der Waals surface area (Å²) in [5, 5.41) is 3.90. The molecule has 0 saturated carbocycles. The fourth-order valence-corrected chi connectivity index (χ4v) is 2.13. The predicted octanol–water partition coefficient (Wildman–Crippen LogP) is 2.07. The van der Waals surface area contributed by atoms with Gasteiger partial charge in [0.05, 0.1) is 13.1 Å². The van der Waals surface area contributed by atoms with Crippen molar-refractivity contribution in [3.63, 3.8) is 0 Å². The number of nitrogens with zero attached hydrogens (tertiary/aromatic N) is 3. The molecule has 0 aliphatic rings. The first-order valence-electron chi connectivity index (χ1n) is 6.93. The Kier molecular flexibility index (Phi) is 5.11. The lowest BCUT2D eigenvalue weighted by Gasteiger charge is -2.21. The molecule has 2 rings (SSSR count). The van der Waals surface area contributed by atoms with E-state index >= 15 is 0 Å². The zero-order valence-electron chi connectivity index (χ0n) is 12.7. The van der Waals surface area contributed by atoms with Crippen molar-refractivity contribution in [3.05, 3.63) is 53.4 Å². The van der Waals surface area contributed by atoms with Crippen LogP contribution in [-0.2, 0) is 17.9 Å². The van der Waals surface area contributed by atoms with Gasteiger partial charge < -0.3 is 9.42 Å². The standard InChI is InChI=1S/C16H21N3O2/c1-13-9-15(17-21-13)11-19(3)16(20)12-18(2)10-14-7-5-4-6-8-14/h4-9H,10-12H2,1-3H3. The second-order valence-electron chi connectivity index (χ2n) is 5.34. The lowest BCUT2D eigenvalue weighted by Crippen LogP contribution is -2.36. The Morgan fingerprint density at radius 2 is 1.90 bits per heavy atom. The summed E-state index contributed by atoms with van der Waals surface area (Å²) in [6.07, 6.45) is 0. The highest BCUT2D eigenvalue weighted by molar-refractivity contribution is 5.77. The molecule has 0 unspecified atom stereocenters. The molecule has 0 fully saturated rings. The molecule has 1 aromatic carbocycles. The Hall–Kier alpha value is -2.14. The van der Waals surface area contributed by atoms with Crippen molar-refractivity contribution in [2.24, 2.45) is 0 Å². The molecule has 1 aromatic heterocycles. The van der Waals surface area contributed by atoms with E-state index in [-0.39, 0.29) is 5.91 Å². The molecule has 5 heteroatoms. The number of benzene rings is 1. The highest BCUT2D eigenvalue weighted by Gasteiger charge is 2.14. The smallest absolute Gasteiger partial charge is 0.236 e. The Morgan fingerprint density at radius 3 is 2.52 bits per heavy atom. The lowest BCUT2D eigenvalue weighted by atomic mass is 10.2. The first-order valence-corrected chi connectivity index (χ1v) is 6.93. The zero-order chi connectivity index (χ0) is 15.2. The molecule has 21 heavy (non-hydrogen) atoms. The normalized spacial score (nSPS) is 10.9. The average Bonchev–Trinajstić information content (AvgIpc) is 2.85. The number of aryl methyl sites for hydroxylation is 1. The van der Waals surface area contributed by atoms with Crippen LogP contribution < -0.4 is 0 Å². The summed E-state index contributed by atoms with van der Waals surface area (Å²) in [6, 6.07) is 12.0. The van der Waals surface area contributed by atoms with E-state index in [9.17, 15) is 4.79 Å². The van der Waals surface area contributed by atoms with Crippen LogP contribution in [0.1, 0.15) is 17.0 Å². The third kappa shape index (κ3) is 4.72. The maximum Gasteiger partial charge on any atom is 0.236 e. The van der Waals surface area contributed by atoms with Crippen LogP contribution in [0.4, 0.5) is 0 Å². The van der Waals surface area contributed by atoms with Gasteiger partial charge in [-0.2, -0.15) is 0 Å². The number of likely N-dealkylation sites (N-methyl/N-ethyl adjacent to an activating group) is 2. The van der Waals surface area contributed by atoms with Crippen LogP contribution in [0.15, 0.2) is 40.9 Å². The Balaban J connectivity index is 1.82. The van der Waals surface area contributed by atoms with Gasteiger partial charge in [0.25, 0.3) is 0 Å². The van der Waals surface area contributed by atoms with Gasteiger partial charge in [0.1, 0.15) is 11.5 Å². The molecule has 0 aliphatic heterocycles. The van der Waals surface area contributed by atoms with E-state index in [1.165, 1.54) is 5.56 Å². The van der Waals surface area contributed by atoms with E-state index in [1.54, 1.807) is 11.9 Å². The highest BCUT2D eigenvalue weighted by atomic mass is 16.5. The molecule has 0 N–H and O–H groups in total. The van der Waals surface area contributed by atoms with E-state index in [0.717, 1.165) is 18.0 Å². The molecule has 0 saturated heterocycles. The molecule has 1 heterocycles. The largest absolute Gasteiger partial charge is 0.361 e. The maximum absolute atomic E-state index is 12.2. The van der Waals surface area contributed by atoms with Crippen LogP contribution in [0, 0.1) is 6.92 Å². The van der Waals surface area contributed by atoms with Crippen LogP contribution in [0.3, 0.4) is 0 Å². The molecule has 0 radical (unpaired) electrons. The fraction of sp³-hybridized carbons (Fsp3) is 0.375. The Bertz CT molecular complexity index is 580. The molecule has 1 amide bonds. The van der Waals surface area contributed by atoms with E-state index in [1.807, 2.05) is 43.1 Å². The van der Waals surface area contributed by atoms with Crippen LogP contribution in [-0.4, -0.2) is 41.5 Å². The van der Waals surface area contributed by atoms with Gasteiger partial charge >= 0.3 is 0 Å². The summed E-state index contributed by atoms with van der Waals surface area (Å²) in [7, 11) is 3.72. The number of aromatic nitrogens is 1. The van der Waals surface area contributed by atoms with Crippen LogP contribution in [0.2, 0.25) is 0 Å². The fourth-order valence-electron chi connectivity index (χ4n) is 2.13. The number of rotatable bonds is 6. The van der Waals surface area contributed by atoms with Gasteiger partial charge in [-0.25, -0.2) is 0 Å². The minimum absolute atomic E-state index is 0.0640. The summed E-state index contributed by atoms with van der Waals surface area (Å²) in [5.41, 5.74) is 1.97. The number of carbonyl (C=O) groups excluding carboxylic acids is 1. The number of hydrogen-bond donors (Lipinski definition) is 0. The van der Waals surface area contributed by atoms with E-state index in [2.05, 4.69) is 17.3 Å². The van der Waals surface area contributed by atoms with Crippen LogP contribution in [0.5, 0.6) is 0 Å². The molecule has 2 aromatic rings. The van der Waals surface area contributed by atoms with Crippen molar-refractivity contribution < 1.29 is 9.32 Å². The first-order chi connectivity index (χ1) is 10.0. The van der Waals surface area contributed by atoms with Gasteiger partial charge in [0.15, 0.2) is 0 Å². The molecule has 0 aliphatic carbocycles. The van der Waals surface area contributed by atoms with Gasteiger partial charge in [-0.1, -0.05) is 35.5 Å². The van der Waals surface area contributed by atoms with Gasteiger partial charge in [-0.05, 0) is 19.5 Å². The van der Waals surface area contributed by atoms with Crippen molar-refractivity contribution in [1.29, 1.82) is 0 Å². The average molecular weight is 287 g/mol.